The average Bonchev–Trinajstić information content (AvgIpc) is 3.38. The van der Waals surface area contributed by atoms with E-state index >= 15 is 0 Å². The van der Waals surface area contributed by atoms with Crippen molar-refractivity contribution in [2.45, 2.75) is 31.8 Å². The fraction of sp³-hybridized carbons (Fsp3) is 0.300. The Balaban J connectivity index is 1.75. The monoisotopic (exact) mass is 502 g/mol. The summed E-state index contributed by atoms with van der Waals surface area (Å²) in [6.45, 7) is 1.09. The third-order valence-corrected chi connectivity index (χ3v) is 5.03. The van der Waals surface area contributed by atoms with Crippen LogP contribution in [0.5, 0.6) is 0 Å². The number of amides is 1. The van der Waals surface area contributed by atoms with Crippen molar-refractivity contribution in [3.63, 3.8) is 0 Å². The van der Waals surface area contributed by atoms with E-state index in [1.807, 2.05) is 0 Å². The molecular formula is C20H19BrN6O5. The van der Waals surface area contributed by atoms with Crippen molar-refractivity contribution in [2.24, 2.45) is 0 Å². The molecule has 1 fully saturated rings. The number of hydrogen-bond donors (Lipinski definition) is 2. The van der Waals surface area contributed by atoms with Crippen molar-refractivity contribution in [3.05, 3.63) is 47.2 Å². The van der Waals surface area contributed by atoms with Gasteiger partial charge in [-0.3, -0.25) is 19.1 Å². The summed E-state index contributed by atoms with van der Waals surface area (Å²) in [7, 11) is 0. The van der Waals surface area contributed by atoms with Crippen LogP contribution in [0.15, 0.2) is 35.8 Å². The van der Waals surface area contributed by atoms with Crippen LogP contribution in [0.3, 0.4) is 0 Å². The van der Waals surface area contributed by atoms with Gasteiger partial charge in [-0.25, -0.2) is 15.0 Å². The van der Waals surface area contributed by atoms with Crippen LogP contribution in [-0.4, -0.2) is 60.3 Å². The van der Waals surface area contributed by atoms with Crippen LogP contribution < -0.4 is 5.32 Å². The Kier molecular flexibility index (Phi) is 6.53. The molecule has 0 bridgehead atoms. The molecule has 4 heterocycles. The third-order valence-electron chi connectivity index (χ3n) is 4.77. The van der Waals surface area contributed by atoms with Crippen LogP contribution in [0.1, 0.15) is 35.8 Å². The van der Waals surface area contributed by atoms with Gasteiger partial charge >= 0.3 is 5.97 Å². The first-order valence-corrected chi connectivity index (χ1v) is 10.6. The summed E-state index contributed by atoms with van der Waals surface area (Å²) in [5.74, 6) is -0.334. The van der Waals surface area contributed by atoms with E-state index in [1.54, 1.807) is 27.8 Å². The fourth-order valence-corrected chi connectivity index (χ4v) is 3.65. The number of aliphatic hydroxyl groups is 1. The Bertz CT molecular complexity index is 1170. The molecule has 1 saturated heterocycles. The molecule has 2 N–H and O–H groups in total. The fourth-order valence-electron chi connectivity index (χ4n) is 3.42. The number of rotatable bonds is 6. The second kappa shape index (κ2) is 9.51. The quantitative estimate of drug-likeness (QED) is 0.484. The Morgan fingerprint density at radius 2 is 2.16 bits per heavy atom. The van der Waals surface area contributed by atoms with Gasteiger partial charge in [-0.1, -0.05) is 15.9 Å². The number of carbonyl (C=O) groups excluding carboxylic acids is 2. The van der Waals surface area contributed by atoms with Gasteiger partial charge in [0.2, 0.25) is 0 Å². The van der Waals surface area contributed by atoms with E-state index in [2.05, 4.69) is 41.2 Å². The van der Waals surface area contributed by atoms with Gasteiger partial charge in [0, 0.05) is 31.3 Å². The highest BCUT2D eigenvalue weighted by molar-refractivity contribution is 9.11. The van der Waals surface area contributed by atoms with E-state index in [-0.39, 0.29) is 18.3 Å². The molecule has 12 heteroatoms. The van der Waals surface area contributed by atoms with Crippen molar-refractivity contribution >= 4 is 50.9 Å². The van der Waals surface area contributed by atoms with Crippen LogP contribution >= 0.6 is 15.9 Å². The molecule has 166 valence electrons. The number of aromatic nitrogens is 5. The van der Waals surface area contributed by atoms with E-state index in [0.717, 1.165) is 0 Å². The van der Waals surface area contributed by atoms with Crippen LogP contribution in [-0.2, 0) is 14.3 Å². The standard InChI is InChI=1S/C20H19BrN6O5/c1-11(29)31-14-8-13(9-28)32-20(14)27-10-23-16-17(24-15(2-5-21)25-18(16)27)26-19(30)12-3-6-22-7-4-12/h2-7,10,13-14,20,28H,8-9H2,1H3,(H,24,25,26,30)/b5-2+/t13-,14?,20+/m0/s1. The molecular weight excluding hydrogens is 484 g/mol. The molecule has 1 aliphatic rings. The number of nitrogens with one attached hydrogen (secondary N) is 1. The maximum absolute atomic E-state index is 12.7. The number of pyridine rings is 1. The number of imidazole rings is 1. The molecule has 0 aliphatic carbocycles. The summed E-state index contributed by atoms with van der Waals surface area (Å²) >= 11 is 3.20. The van der Waals surface area contributed by atoms with Gasteiger partial charge in [0.25, 0.3) is 5.91 Å². The van der Waals surface area contributed by atoms with E-state index < -0.39 is 24.4 Å². The molecule has 3 aromatic rings. The molecule has 11 nitrogen and oxygen atoms in total. The van der Waals surface area contributed by atoms with E-state index in [4.69, 9.17) is 9.47 Å². The molecule has 4 rings (SSSR count). The summed E-state index contributed by atoms with van der Waals surface area (Å²) < 4.78 is 12.9. The molecule has 0 saturated carbocycles. The molecule has 0 radical (unpaired) electrons. The predicted molar refractivity (Wildman–Crippen MR) is 117 cm³/mol. The van der Waals surface area contributed by atoms with Crippen LogP contribution in [0.4, 0.5) is 5.82 Å². The van der Waals surface area contributed by atoms with E-state index in [9.17, 15) is 14.7 Å². The lowest BCUT2D eigenvalue weighted by molar-refractivity contribution is -0.152. The number of fused-ring (bicyclic) bond motifs is 1. The van der Waals surface area contributed by atoms with Crippen LogP contribution in [0.25, 0.3) is 17.2 Å². The summed E-state index contributed by atoms with van der Waals surface area (Å²) in [5, 5.41) is 12.3. The molecule has 3 aromatic heterocycles. The lowest BCUT2D eigenvalue weighted by Gasteiger charge is -2.20. The second-order valence-corrected chi connectivity index (χ2v) is 7.48. The van der Waals surface area contributed by atoms with Gasteiger partial charge in [-0.15, -0.1) is 0 Å². The van der Waals surface area contributed by atoms with Crippen molar-refractivity contribution < 1.29 is 24.2 Å². The van der Waals surface area contributed by atoms with Crippen molar-refractivity contribution in [3.8, 4) is 0 Å². The van der Waals surface area contributed by atoms with E-state index in [1.165, 1.54) is 25.6 Å². The Morgan fingerprint density at radius 1 is 1.38 bits per heavy atom. The summed E-state index contributed by atoms with van der Waals surface area (Å²) in [6, 6.07) is 3.16. The zero-order chi connectivity index (χ0) is 22.7. The highest BCUT2D eigenvalue weighted by Crippen LogP contribution is 2.34. The third kappa shape index (κ3) is 4.52. The maximum atomic E-state index is 12.7. The molecule has 0 aromatic carbocycles. The molecule has 0 spiro atoms. The van der Waals surface area contributed by atoms with Crippen LogP contribution in [0.2, 0.25) is 0 Å². The molecule has 32 heavy (non-hydrogen) atoms. The predicted octanol–water partition coefficient (Wildman–Crippen LogP) is 2.05. The largest absolute Gasteiger partial charge is 0.458 e. The first kappa shape index (κ1) is 22.0. The first-order chi connectivity index (χ1) is 15.5. The van der Waals surface area contributed by atoms with E-state index in [0.29, 0.717) is 29.0 Å². The normalized spacial score (nSPS) is 20.7. The lowest BCUT2D eigenvalue weighted by Crippen LogP contribution is -2.24. The molecule has 3 atom stereocenters. The summed E-state index contributed by atoms with van der Waals surface area (Å²) in [6.07, 6.45) is 4.55. The van der Waals surface area contributed by atoms with Gasteiger partial charge in [0.15, 0.2) is 29.0 Å². The minimum atomic E-state index is -0.750. The van der Waals surface area contributed by atoms with Crippen molar-refractivity contribution in [2.75, 3.05) is 11.9 Å². The van der Waals surface area contributed by atoms with Gasteiger partial charge in [0.05, 0.1) is 19.0 Å². The number of esters is 1. The molecule has 1 aliphatic heterocycles. The molecule has 1 unspecified atom stereocenters. The van der Waals surface area contributed by atoms with Gasteiger partial charge in [-0.05, 0) is 23.2 Å². The van der Waals surface area contributed by atoms with Gasteiger partial charge in [-0.2, -0.15) is 0 Å². The Morgan fingerprint density at radius 3 is 2.84 bits per heavy atom. The number of hydrogen-bond acceptors (Lipinski definition) is 9. The zero-order valence-electron chi connectivity index (χ0n) is 16.9. The number of anilines is 1. The average molecular weight is 503 g/mol. The van der Waals surface area contributed by atoms with Crippen LogP contribution in [0, 0.1) is 0 Å². The van der Waals surface area contributed by atoms with Gasteiger partial charge < -0.3 is 19.9 Å². The highest BCUT2D eigenvalue weighted by Gasteiger charge is 2.39. The SMILES string of the molecule is CC(=O)OC1C[C@@H](CO)O[C@H]1n1cnc2c(NC(=O)c3ccncc3)nc(/C=C/Br)nc21. The molecule has 1 amide bonds. The van der Waals surface area contributed by atoms with Gasteiger partial charge in [0.1, 0.15) is 6.10 Å². The summed E-state index contributed by atoms with van der Waals surface area (Å²) in [4.78, 5) is 43.0. The minimum absolute atomic E-state index is 0.205. The maximum Gasteiger partial charge on any atom is 0.303 e. The first-order valence-electron chi connectivity index (χ1n) is 9.66. The summed E-state index contributed by atoms with van der Waals surface area (Å²) in [5.41, 5.74) is 1.10. The zero-order valence-corrected chi connectivity index (χ0v) is 18.5. The number of aliphatic hydroxyl groups excluding tert-OH is 1. The number of halogens is 1. The highest BCUT2D eigenvalue weighted by atomic mass is 79.9. The van der Waals surface area contributed by atoms with Crippen molar-refractivity contribution in [1.29, 1.82) is 0 Å². The second-order valence-electron chi connectivity index (χ2n) is 6.95. The lowest BCUT2D eigenvalue weighted by atomic mass is 10.2. The topological polar surface area (TPSA) is 141 Å². The van der Waals surface area contributed by atoms with Crippen molar-refractivity contribution in [1.82, 2.24) is 24.5 Å². The number of nitrogens with zero attached hydrogens (tertiary/aromatic N) is 5. The minimum Gasteiger partial charge on any atom is -0.458 e. The Labute approximate surface area is 190 Å². The smallest absolute Gasteiger partial charge is 0.303 e. The number of ether oxygens (including phenoxy) is 2. The number of carbonyl (C=O) groups is 2. The Hall–Kier alpha value is -3.22.